The number of carbonyl (C=O) groups is 1. The van der Waals surface area contributed by atoms with Gasteiger partial charge in [0.2, 0.25) is 0 Å². The number of hydrogen-bond acceptors (Lipinski definition) is 3. The highest BCUT2D eigenvalue weighted by Gasteiger charge is 2.28. The Hall–Kier alpha value is -1.23. The highest BCUT2D eigenvalue weighted by molar-refractivity contribution is 6.30. The Kier molecular flexibility index (Phi) is 5.95. The molecular formula is C17H22Cl2N2O2. The Morgan fingerprint density at radius 3 is 3.00 bits per heavy atom. The lowest BCUT2D eigenvalue weighted by Gasteiger charge is -2.35. The molecule has 23 heavy (non-hydrogen) atoms. The van der Waals surface area contributed by atoms with Crippen LogP contribution in [-0.2, 0) is 4.79 Å². The minimum atomic E-state index is 0. The number of benzene rings is 1. The average Bonchev–Trinajstić information content (AvgIpc) is 2.53. The molecule has 1 saturated heterocycles. The van der Waals surface area contributed by atoms with Crippen molar-refractivity contribution in [2.75, 3.05) is 19.7 Å². The predicted molar refractivity (Wildman–Crippen MR) is 95.1 cm³/mol. The molecule has 126 valence electrons. The maximum Gasteiger partial charge on any atom is 0.253 e. The molecule has 2 heterocycles. The van der Waals surface area contributed by atoms with E-state index in [-0.39, 0.29) is 24.4 Å². The monoisotopic (exact) mass is 356 g/mol. The van der Waals surface area contributed by atoms with Crippen molar-refractivity contribution in [3.63, 3.8) is 0 Å². The van der Waals surface area contributed by atoms with E-state index in [1.165, 1.54) is 0 Å². The van der Waals surface area contributed by atoms with Crippen molar-refractivity contribution in [3.05, 3.63) is 34.4 Å². The topological polar surface area (TPSA) is 55.6 Å². The standard InChI is InChI=1S/C17H21ClN2O2.ClH/c1-11(19)12-3-2-6-20(9-12)17(21)14-7-13-8-15(18)4-5-16(13)22-10-14;/h4-5,7-8,11-12H,2-3,6,9-10,19H2,1H3;1H. The lowest BCUT2D eigenvalue weighted by Crippen LogP contribution is -2.46. The molecule has 3 rings (SSSR count). The van der Waals surface area contributed by atoms with E-state index in [9.17, 15) is 4.79 Å². The molecule has 0 bridgehead atoms. The van der Waals surface area contributed by atoms with Crippen LogP contribution in [0, 0.1) is 5.92 Å². The van der Waals surface area contributed by atoms with Gasteiger partial charge in [0.25, 0.3) is 5.91 Å². The van der Waals surface area contributed by atoms with Crippen LogP contribution in [0.5, 0.6) is 5.75 Å². The number of rotatable bonds is 2. The fourth-order valence-electron chi connectivity index (χ4n) is 3.10. The molecule has 6 heteroatoms. The number of ether oxygens (including phenoxy) is 1. The van der Waals surface area contributed by atoms with Crippen LogP contribution in [0.3, 0.4) is 0 Å². The SMILES string of the molecule is CC(N)C1CCCN(C(=O)C2=Cc3cc(Cl)ccc3OC2)C1.Cl. The van der Waals surface area contributed by atoms with Crippen LogP contribution in [0.15, 0.2) is 23.8 Å². The van der Waals surface area contributed by atoms with Gasteiger partial charge in [-0.15, -0.1) is 12.4 Å². The van der Waals surface area contributed by atoms with Crippen LogP contribution >= 0.6 is 24.0 Å². The first kappa shape index (κ1) is 18.1. The molecule has 2 unspecified atom stereocenters. The molecule has 0 spiro atoms. The Morgan fingerprint density at radius 1 is 1.48 bits per heavy atom. The summed E-state index contributed by atoms with van der Waals surface area (Å²) < 4.78 is 5.68. The van der Waals surface area contributed by atoms with Crippen LogP contribution in [0.2, 0.25) is 5.02 Å². The fraction of sp³-hybridized carbons (Fsp3) is 0.471. The van der Waals surface area contributed by atoms with Gasteiger partial charge in [-0.1, -0.05) is 11.6 Å². The van der Waals surface area contributed by atoms with Gasteiger partial charge in [0.05, 0.1) is 5.57 Å². The van der Waals surface area contributed by atoms with E-state index in [1.807, 2.05) is 30.0 Å². The van der Waals surface area contributed by atoms with Gasteiger partial charge in [-0.3, -0.25) is 4.79 Å². The van der Waals surface area contributed by atoms with Crippen molar-refractivity contribution in [2.45, 2.75) is 25.8 Å². The molecule has 4 nitrogen and oxygen atoms in total. The normalized spacial score (nSPS) is 21.4. The third-order valence-electron chi connectivity index (χ3n) is 4.45. The minimum absolute atomic E-state index is 0. The van der Waals surface area contributed by atoms with Crippen molar-refractivity contribution in [3.8, 4) is 5.75 Å². The molecule has 2 atom stereocenters. The lowest BCUT2D eigenvalue weighted by atomic mass is 9.91. The Bertz CT molecular complexity index is 617. The number of hydrogen-bond donors (Lipinski definition) is 1. The van der Waals surface area contributed by atoms with E-state index in [0.29, 0.717) is 23.1 Å². The molecule has 0 aromatic heterocycles. The molecule has 0 saturated carbocycles. The summed E-state index contributed by atoms with van der Waals surface area (Å²) in [5.41, 5.74) is 7.54. The number of halogens is 2. The van der Waals surface area contributed by atoms with Crippen molar-refractivity contribution in [1.29, 1.82) is 0 Å². The largest absolute Gasteiger partial charge is 0.488 e. The number of nitrogens with two attached hydrogens (primary N) is 1. The van der Waals surface area contributed by atoms with Gasteiger partial charge >= 0.3 is 0 Å². The highest BCUT2D eigenvalue weighted by Crippen LogP contribution is 2.30. The summed E-state index contributed by atoms with van der Waals surface area (Å²) in [4.78, 5) is 14.6. The van der Waals surface area contributed by atoms with Crippen LogP contribution in [0.1, 0.15) is 25.3 Å². The maximum absolute atomic E-state index is 12.7. The van der Waals surface area contributed by atoms with E-state index < -0.39 is 0 Å². The number of nitrogens with zero attached hydrogens (tertiary/aromatic N) is 1. The first-order valence-electron chi connectivity index (χ1n) is 7.72. The Morgan fingerprint density at radius 2 is 2.26 bits per heavy atom. The van der Waals surface area contributed by atoms with Crippen LogP contribution < -0.4 is 10.5 Å². The van der Waals surface area contributed by atoms with Gasteiger partial charge in [0.1, 0.15) is 12.4 Å². The quantitative estimate of drug-likeness (QED) is 0.885. The molecule has 1 fully saturated rings. The lowest BCUT2D eigenvalue weighted by molar-refractivity contribution is -0.129. The van der Waals surface area contributed by atoms with Gasteiger partial charge in [0, 0.05) is 29.7 Å². The van der Waals surface area contributed by atoms with Gasteiger partial charge < -0.3 is 15.4 Å². The second-order valence-electron chi connectivity index (χ2n) is 6.15. The number of fused-ring (bicyclic) bond motifs is 1. The molecule has 2 aliphatic heterocycles. The highest BCUT2D eigenvalue weighted by atomic mass is 35.5. The number of likely N-dealkylation sites (tertiary alicyclic amines) is 1. The molecule has 2 N–H and O–H groups in total. The molecule has 1 amide bonds. The van der Waals surface area contributed by atoms with E-state index in [0.717, 1.165) is 37.2 Å². The average molecular weight is 357 g/mol. The van der Waals surface area contributed by atoms with Gasteiger partial charge in [-0.25, -0.2) is 0 Å². The zero-order valence-corrected chi connectivity index (χ0v) is 14.7. The Balaban J connectivity index is 0.00000192. The summed E-state index contributed by atoms with van der Waals surface area (Å²) in [7, 11) is 0. The van der Waals surface area contributed by atoms with Crippen LogP contribution in [0.25, 0.3) is 6.08 Å². The van der Waals surface area contributed by atoms with E-state index in [1.54, 1.807) is 6.07 Å². The fourth-order valence-corrected chi connectivity index (χ4v) is 3.28. The maximum atomic E-state index is 12.7. The van der Waals surface area contributed by atoms with Crippen molar-refractivity contribution in [2.24, 2.45) is 11.7 Å². The van der Waals surface area contributed by atoms with Crippen LogP contribution in [-0.4, -0.2) is 36.5 Å². The Labute approximate surface area is 148 Å². The summed E-state index contributed by atoms with van der Waals surface area (Å²) in [5, 5.41) is 0.641. The van der Waals surface area contributed by atoms with E-state index in [4.69, 9.17) is 22.1 Å². The van der Waals surface area contributed by atoms with E-state index >= 15 is 0 Å². The number of piperidine rings is 1. The van der Waals surface area contributed by atoms with Gasteiger partial charge in [-0.05, 0) is 50.0 Å². The first-order chi connectivity index (χ1) is 10.5. The predicted octanol–water partition coefficient (Wildman–Crippen LogP) is 3.12. The zero-order chi connectivity index (χ0) is 15.7. The molecule has 1 aromatic rings. The second-order valence-corrected chi connectivity index (χ2v) is 6.59. The molecule has 0 aliphatic carbocycles. The summed E-state index contributed by atoms with van der Waals surface area (Å²) in [5.74, 6) is 1.20. The smallest absolute Gasteiger partial charge is 0.253 e. The minimum Gasteiger partial charge on any atom is -0.488 e. The molecule has 0 radical (unpaired) electrons. The van der Waals surface area contributed by atoms with Crippen molar-refractivity contribution >= 4 is 36.0 Å². The van der Waals surface area contributed by atoms with E-state index in [2.05, 4.69) is 0 Å². The summed E-state index contributed by atoms with van der Waals surface area (Å²) in [6, 6.07) is 5.57. The summed E-state index contributed by atoms with van der Waals surface area (Å²) in [6.45, 7) is 3.85. The third-order valence-corrected chi connectivity index (χ3v) is 4.68. The molecule has 2 aliphatic rings. The number of amides is 1. The molecular weight excluding hydrogens is 335 g/mol. The first-order valence-corrected chi connectivity index (χ1v) is 8.10. The van der Waals surface area contributed by atoms with Gasteiger partial charge in [-0.2, -0.15) is 0 Å². The summed E-state index contributed by atoms with van der Waals surface area (Å²) >= 11 is 6.01. The third kappa shape index (κ3) is 4.00. The molecule has 1 aromatic carbocycles. The number of carbonyl (C=O) groups excluding carboxylic acids is 1. The van der Waals surface area contributed by atoms with Crippen molar-refractivity contribution < 1.29 is 9.53 Å². The van der Waals surface area contributed by atoms with Crippen LogP contribution in [0.4, 0.5) is 0 Å². The summed E-state index contributed by atoms with van der Waals surface area (Å²) in [6.07, 6.45) is 3.99. The zero-order valence-electron chi connectivity index (χ0n) is 13.1. The second kappa shape index (κ2) is 7.56. The van der Waals surface area contributed by atoms with Crippen molar-refractivity contribution in [1.82, 2.24) is 4.90 Å². The van der Waals surface area contributed by atoms with Gasteiger partial charge in [0.15, 0.2) is 0 Å².